The lowest BCUT2D eigenvalue weighted by Crippen LogP contribution is -2.29. The van der Waals surface area contributed by atoms with Gasteiger partial charge < -0.3 is 0 Å². The van der Waals surface area contributed by atoms with Gasteiger partial charge in [-0.15, -0.1) is 0 Å². The molecule has 0 saturated carbocycles. The number of anilines is 1. The smallest absolute Gasteiger partial charge is 0.269 e. The summed E-state index contributed by atoms with van der Waals surface area (Å²) >= 11 is 5.81. The number of carbonyl (C=O) groups is 2. The summed E-state index contributed by atoms with van der Waals surface area (Å²) in [5.41, 5.74) is -0.0666. The SMILES string of the molecule is O=C1C=CC(=O)N1c1ccc([N+](=O)[O-])cc1Cl. The highest BCUT2D eigenvalue weighted by Gasteiger charge is 2.27. The number of nitrogens with zero attached hydrogens (tertiary/aromatic N) is 2. The van der Waals surface area contributed by atoms with Crippen molar-refractivity contribution in [2.75, 3.05) is 4.90 Å². The molecule has 0 fully saturated rings. The van der Waals surface area contributed by atoms with Crippen molar-refractivity contribution in [1.29, 1.82) is 0 Å². The average Bonchev–Trinajstić information content (AvgIpc) is 2.59. The molecule has 0 radical (unpaired) electrons. The summed E-state index contributed by atoms with van der Waals surface area (Å²) in [4.78, 5) is 33.5. The highest BCUT2D eigenvalue weighted by molar-refractivity contribution is 6.37. The average molecular weight is 253 g/mol. The minimum Gasteiger partial charge on any atom is -0.269 e. The van der Waals surface area contributed by atoms with Gasteiger partial charge in [0.2, 0.25) is 0 Å². The first-order chi connectivity index (χ1) is 8.00. The van der Waals surface area contributed by atoms with E-state index in [-0.39, 0.29) is 16.4 Å². The van der Waals surface area contributed by atoms with Crippen LogP contribution in [0.3, 0.4) is 0 Å². The van der Waals surface area contributed by atoms with Crippen LogP contribution in [0, 0.1) is 10.1 Å². The van der Waals surface area contributed by atoms with Gasteiger partial charge in [-0.2, -0.15) is 0 Å². The predicted octanol–water partition coefficient (Wildman–Crippen LogP) is 1.68. The number of rotatable bonds is 2. The molecule has 86 valence electrons. The second-order valence-corrected chi connectivity index (χ2v) is 3.65. The van der Waals surface area contributed by atoms with Gasteiger partial charge in [0.25, 0.3) is 17.5 Å². The fourth-order valence-electron chi connectivity index (χ4n) is 1.43. The molecule has 1 aromatic rings. The minimum absolute atomic E-state index is 0.0235. The normalized spacial score (nSPS) is 14.5. The third kappa shape index (κ3) is 1.90. The third-order valence-electron chi connectivity index (χ3n) is 2.19. The lowest BCUT2D eigenvalue weighted by atomic mass is 10.2. The minimum atomic E-state index is -0.610. The molecule has 0 bridgehead atoms. The number of hydrogen-bond acceptors (Lipinski definition) is 4. The molecule has 6 nitrogen and oxygen atoms in total. The van der Waals surface area contributed by atoms with Gasteiger partial charge in [-0.3, -0.25) is 19.7 Å². The van der Waals surface area contributed by atoms with E-state index in [0.29, 0.717) is 0 Å². The van der Waals surface area contributed by atoms with E-state index in [4.69, 9.17) is 11.6 Å². The van der Waals surface area contributed by atoms with Gasteiger partial charge in [-0.25, -0.2) is 4.90 Å². The lowest BCUT2D eigenvalue weighted by Gasteiger charge is -2.14. The van der Waals surface area contributed by atoms with E-state index in [1.807, 2.05) is 0 Å². The van der Waals surface area contributed by atoms with E-state index in [1.165, 1.54) is 12.1 Å². The number of halogens is 1. The molecular formula is C10H5ClN2O4. The summed E-state index contributed by atoms with van der Waals surface area (Å²) < 4.78 is 0. The Morgan fingerprint density at radius 1 is 1.18 bits per heavy atom. The number of hydrogen-bond donors (Lipinski definition) is 0. The van der Waals surface area contributed by atoms with Crippen molar-refractivity contribution in [3.8, 4) is 0 Å². The van der Waals surface area contributed by atoms with Gasteiger partial charge in [-0.1, -0.05) is 11.6 Å². The zero-order chi connectivity index (χ0) is 12.6. The summed E-state index contributed by atoms with van der Waals surface area (Å²) in [6, 6.07) is 3.54. The lowest BCUT2D eigenvalue weighted by molar-refractivity contribution is -0.384. The highest BCUT2D eigenvalue weighted by Crippen LogP contribution is 2.31. The molecule has 7 heteroatoms. The molecule has 1 aromatic carbocycles. The Bertz CT molecular complexity index is 549. The molecule has 0 N–H and O–H groups in total. The van der Waals surface area contributed by atoms with E-state index < -0.39 is 16.7 Å². The van der Waals surface area contributed by atoms with E-state index in [2.05, 4.69) is 0 Å². The maximum Gasteiger partial charge on any atom is 0.271 e. The maximum atomic E-state index is 11.4. The number of imide groups is 1. The zero-order valence-corrected chi connectivity index (χ0v) is 9.05. The molecule has 2 amide bonds. The fraction of sp³-hybridized carbons (Fsp3) is 0. The number of carbonyl (C=O) groups excluding carboxylic acids is 2. The van der Waals surface area contributed by atoms with Crippen LogP contribution < -0.4 is 4.90 Å². The Balaban J connectivity index is 2.44. The van der Waals surface area contributed by atoms with Crippen LogP contribution in [0.1, 0.15) is 0 Å². The molecule has 17 heavy (non-hydrogen) atoms. The summed E-state index contributed by atoms with van der Waals surface area (Å²) in [7, 11) is 0. The van der Waals surface area contributed by atoms with Crippen LogP contribution in [-0.4, -0.2) is 16.7 Å². The van der Waals surface area contributed by atoms with Gasteiger partial charge in [0.05, 0.1) is 15.6 Å². The van der Waals surface area contributed by atoms with Gasteiger partial charge in [0.15, 0.2) is 0 Å². The molecule has 0 aliphatic carbocycles. The molecule has 0 spiro atoms. The van der Waals surface area contributed by atoms with Gasteiger partial charge in [0.1, 0.15) is 0 Å². The molecule has 0 unspecified atom stereocenters. The second-order valence-electron chi connectivity index (χ2n) is 3.24. The van der Waals surface area contributed by atoms with Crippen molar-refractivity contribution in [2.45, 2.75) is 0 Å². The van der Waals surface area contributed by atoms with Gasteiger partial charge in [-0.05, 0) is 6.07 Å². The Labute approximate surface area is 100 Å². The van der Waals surface area contributed by atoms with Crippen molar-refractivity contribution in [3.63, 3.8) is 0 Å². The van der Waals surface area contributed by atoms with Crippen molar-refractivity contribution in [3.05, 3.63) is 45.5 Å². The molecular weight excluding hydrogens is 248 g/mol. The van der Waals surface area contributed by atoms with E-state index >= 15 is 0 Å². The molecule has 0 atom stereocenters. The fourth-order valence-corrected chi connectivity index (χ4v) is 1.69. The second kappa shape index (κ2) is 3.99. The van der Waals surface area contributed by atoms with Gasteiger partial charge >= 0.3 is 0 Å². The highest BCUT2D eigenvalue weighted by atomic mass is 35.5. The van der Waals surface area contributed by atoms with Crippen LogP contribution in [0.25, 0.3) is 0 Å². The monoisotopic (exact) mass is 252 g/mol. The molecule has 1 heterocycles. The van der Waals surface area contributed by atoms with Crippen LogP contribution in [-0.2, 0) is 9.59 Å². The Morgan fingerprint density at radius 2 is 1.76 bits per heavy atom. The van der Waals surface area contributed by atoms with Crippen molar-refractivity contribution < 1.29 is 14.5 Å². The third-order valence-corrected chi connectivity index (χ3v) is 2.49. The molecule has 1 aliphatic heterocycles. The van der Waals surface area contributed by atoms with Crippen LogP contribution in [0.2, 0.25) is 5.02 Å². The van der Waals surface area contributed by atoms with Crippen LogP contribution in [0.4, 0.5) is 11.4 Å². The maximum absolute atomic E-state index is 11.4. The standard InChI is InChI=1S/C10H5ClN2O4/c11-7-5-6(13(16)17)1-2-8(7)12-9(14)3-4-10(12)15/h1-5H. The van der Waals surface area contributed by atoms with Crippen molar-refractivity contribution in [1.82, 2.24) is 0 Å². The molecule has 1 aliphatic rings. The van der Waals surface area contributed by atoms with Crippen molar-refractivity contribution in [2.24, 2.45) is 0 Å². The summed E-state index contributed by atoms with van der Waals surface area (Å²) in [5, 5.41) is 10.5. The van der Waals surface area contributed by atoms with Crippen LogP contribution in [0.5, 0.6) is 0 Å². The van der Waals surface area contributed by atoms with E-state index in [0.717, 1.165) is 23.1 Å². The first kappa shape index (κ1) is 11.3. The Kier molecular flexibility index (Phi) is 2.64. The first-order valence-corrected chi connectivity index (χ1v) is 4.88. The first-order valence-electron chi connectivity index (χ1n) is 4.51. The Hall–Kier alpha value is -2.21. The summed E-state index contributed by atoms with van der Waals surface area (Å²) in [5.74, 6) is -1.04. The van der Waals surface area contributed by atoms with E-state index in [9.17, 15) is 19.7 Å². The number of nitro benzene ring substituents is 1. The molecule has 0 saturated heterocycles. The number of non-ortho nitro benzene ring substituents is 1. The summed E-state index contributed by atoms with van der Waals surface area (Å²) in [6.45, 7) is 0. The quantitative estimate of drug-likeness (QED) is 0.456. The van der Waals surface area contributed by atoms with Gasteiger partial charge in [0, 0.05) is 24.3 Å². The number of benzene rings is 1. The van der Waals surface area contributed by atoms with Crippen molar-refractivity contribution >= 4 is 34.8 Å². The van der Waals surface area contributed by atoms with E-state index in [1.54, 1.807) is 0 Å². The topological polar surface area (TPSA) is 80.5 Å². The predicted molar refractivity (Wildman–Crippen MR) is 59.7 cm³/mol. The molecule has 2 rings (SSSR count). The summed E-state index contributed by atoms with van der Waals surface area (Å²) in [6.07, 6.45) is 2.22. The zero-order valence-electron chi connectivity index (χ0n) is 8.29. The van der Waals surface area contributed by atoms with Crippen LogP contribution >= 0.6 is 11.6 Å². The Morgan fingerprint density at radius 3 is 2.24 bits per heavy atom. The number of nitro groups is 1. The largest absolute Gasteiger partial charge is 0.271 e. The molecule has 0 aromatic heterocycles. The van der Waals surface area contributed by atoms with Crippen LogP contribution in [0.15, 0.2) is 30.4 Å². The number of amides is 2.